The molecule has 63 valence electrons. The molecule has 0 aliphatic carbocycles. The molecule has 0 saturated carbocycles. The van der Waals surface area contributed by atoms with Crippen molar-refractivity contribution in [2.75, 3.05) is 7.11 Å². The Balaban J connectivity index is -0.000000149. The van der Waals surface area contributed by atoms with Gasteiger partial charge in [0.25, 0.3) is 0 Å². The van der Waals surface area contributed by atoms with Gasteiger partial charge in [-0.1, -0.05) is 0 Å². The first-order valence-corrected chi connectivity index (χ1v) is 2.56. The number of aliphatic hydroxyl groups is 1. The van der Waals surface area contributed by atoms with Gasteiger partial charge in [0.15, 0.2) is 0 Å². The maximum atomic E-state index is 10.0. The summed E-state index contributed by atoms with van der Waals surface area (Å²) in [4.78, 5) is 20.1. The van der Waals surface area contributed by atoms with Crippen molar-refractivity contribution in [3.63, 3.8) is 0 Å². The Kier molecular flexibility index (Phi) is 19.3. The molecule has 0 atom stereocenters. The molecule has 0 spiro atoms. The minimum absolute atomic E-state index is 0. The molecule has 0 amide bonds. The number of Topliss-reactive ketones (excluding diaryl/α,β-unsaturated/α-hetero) is 2. The van der Waals surface area contributed by atoms with Crippen LogP contribution < -0.4 is 0 Å². The quantitative estimate of drug-likeness (QED) is 0.736. The molecule has 0 bridgehead atoms. The molecule has 0 aromatic carbocycles. The third-order valence-electron chi connectivity index (χ3n) is 0.498. The number of ketones is 2. The van der Waals surface area contributed by atoms with E-state index in [1.807, 2.05) is 0 Å². The van der Waals surface area contributed by atoms with E-state index in [1.54, 1.807) is 0 Å². The number of rotatable bonds is 2. The predicted molar refractivity (Wildman–Crippen MR) is 34.1 cm³/mol. The topological polar surface area (TPSA) is 54.4 Å². The first-order chi connectivity index (χ1) is 4.13. The first kappa shape index (κ1) is 16.5. The molecule has 4 heteroatoms. The standard InChI is InChI=1S/C5H8O2.CH4O.Ir/c1-4(6)3-5(2)7;1-2;/h3H2,1-2H3;2H,1H3;. The summed E-state index contributed by atoms with van der Waals surface area (Å²) in [5, 5.41) is 7.00. The molecule has 0 aliphatic rings. The smallest absolute Gasteiger partial charge is 0.137 e. The number of carbonyl (C=O) groups excluding carboxylic acids is 2. The zero-order valence-corrected chi connectivity index (χ0v) is 8.70. The van der Waals surface area contributed by atoms with Gasteiger partial charge in [-0.05, 0) is 13.8 Å². The van der Waals surface area contributed by atoms with Crippen molar-refractivity contribution in [2.45, 2.75) is 20.3 Å². The molecule has 0 aromatic rings. The zero-order chi connectivity index (χ0) is 7.86. The molecule has 0 unspecified atom stereocenters. The molecule has 0 saturated heterocycles. The Labute approximate surface area is 74.2 Å². The molecule has 0 fully saturated rings. The Morgan fingerprint density at radius 2 is 1.30 bits per heavy atom. The van der Waals surface area contributed by atoms with Gasteiger partial charge in [0.1, 0.15) is 11.6 Å². The minimum atomic E-state index is -0.0625. The van der Waals surface area contributed by atoms with Crippen LogP contribution in [0.1, 0.15) is 20.3 Å². The average Bonchev–Trinajstić information content (AvgIpc) is 1.68. The van der Waals surface area contributed by atoms with E-state index in [1.165, 1.54) is 13.8 Å². The van der Waals surface area contributed by atoms with Crippen LogP contribution in [0.25, 0.3) is 0 Å². The summed E-state index contributed by atoms with van der Waals surface area (Å²) in [6, 6.07) is 0. The second kappa shape index (κ2) is 11.7. The van der Waals surface area contributed by atoms with E-state index in [9.17, 15) is 9.59 Å². The summed E-state index contributed by atoms with van der Waals surface area (Å²) in [6.45, 7) is 2.81. The first-order valence-electron chi connectivity index (χ1n) is 2.56. The van der Waals surface area contributed by atoms with Crippen LogP contribution in [0.15, 0.2) is 0 Å². The van der Waals surface area contributed by atoms with Crippen LogP contribution >= 0.6 is 0 Å². The average molecular weight is 324 g/mol. The Morgan fingerprint density at radius 1 is 1.10 bits per heavy atom. The van der Waals surface area contributed by atoms with Gasteiger partial charge in [-0.25, -0.2) is 0 Å². The maximum absolute atomic E-state index is 10.0. The van der Waals surface area contributed by atoms with E-state index < -0.39 is 0 Å². The van der Waals surface area contributed by atoms with Gasteiger partial charge in [-0.15, -0.1) is 0 Å². The zero-order valence-electron chi connectivity index (χ0n) is 6.30. The summed E-state index contributed by atoms with van der Waals surface area (Å²) in [6.07, 6.45) is 0.0833. The van der Waals surface area contributed by atoms with Crippen LogP contribution in [0, 0.1) is 0 Å². The number of aliphatic hydroxyl groups excluding tert-OH is 1. The van der Waals surface area contributed by atoms with E-state index in [0.717, 1.165) is 7.11 Å². The molecule has 1 N–H and O–H groups in total. The third kappa shape index (κ3) is 24.6. The van der Waals surface area contributed by atoms with Gasteiger partial charge in [0, 0.05) is 27.2 Å². The fraction of sp³-hybridized carbons (Fsp3) is 0.667. The van der Waals surface area contributed by atoms with E-state index in [4.69, 9.17) is 5.11 Å². The van der Waals surface area contributed by atoms with Crippen molar-refractivity contribution in [3.05, 3.63) is 0 Å². The van der Waals surface area contributed by atoms with Crippen LogP contribution in [-0.2, 0) is 29.7 Å². The fourth-order valence-electron chi connectivity index (χ4n) is 0.351. The molecule has 10 heavy (non-hydrogen) atoms. The van der Waals surface area contributed by atoms with Gasteiger partial charge >= 0.3 is 0 Å². The Hall–Kier alpha value is -0.0506. The molecule has 0 aliphatic heterocycles. The number of hydrogen-bond acceptors (Lipinski definition) is 3. The van der Waals surface area contributed by atoms with Crippen LogP contribution in [0.2, 0.25) is 0 Å². The second-order valence-corrected chi connectivity index (χ2v) is 1.58. The SMILES string of the molecule is CC(=O)CC(C)=O.CO.[Ir]. The van der Waals surface area contributed by atoms with E-state index in [0.29, 0.717) is 0 Å². The summed E-state index contributed by atoms with van der Waals surface area (Å²) in [5.74, 6) is -0.125. The van der Waals surface area contributed by atoms with Crippen molar-refractivity contribution >= 4 is 11.6 Å². The molecule has 0 heterocycles. The second-order valence-electron chi connectivity index (χ2n) is 1.58. The minimum Gasteiger partial charge on any atom is -0.400 e. The van der Waals surface area contributed by atoms with Crippen LogP contribution in [0.5, 0.6) is 0 Å². The van der Waals surface area contributed by atoms with E-state index >= 15 is 0 Å². The monoisotopic (exact) mass is 325 g/mol. The summed E-state index contributed by atoms with van der Waals surface area (Å²) in [7, 11) is 1.00. The van der Waals surface area contributed by atoms with Gasteiger partial charge in [-0.3, -0.25) is 9.59 Å². The van der Waals surface area contributed by atoms with Gasteiger partial charge in [0.2, 0.25) is 0 Å². The van der Waals surface area contributed by atoms with Crippen molar-refractivity contribution in [2.24, 2.45) is 0 Å². The summed E-state index contributed by atoms with van der Waals surface area (Å²) in [5.41, 5.74) is 0. The molecule has 0 rings (SSSR count). The Bertz CT molecular complexity index is 89.2. The normalized spacial score (nSPS) is 6.40. The van der Waals surface area contributed by atoms with Crippen molar-refractivity contribution < 1.29 is 34.8 Å². The summed E-state index contributed by atoms with van der Waals surface area (Å²) >= 11 is 0. The van der Waals surface area contributed by atoms with Gasteiger partial charge < -0.3 is 5.11 Å². The van der Waals surface area contributed by atoms with Crippen molar-refractivity contribution in [1.82, 2.24) is 0 Å². The van der Waals surface area contributed by atoms with E-state index in [-0.39, 0.29) is 38.1 Å². The van der Waals surface area contributed by atoms with E-state index in [2.05, 4.69) is 0 Å². The van der Waals surface area contributed by atoms with Crippen LogP contribution in [-0.4, -0.2) is 23.8 Å². The van der Waals surface area contributed by atoms with Gasteiger partial charge in [-0.2, -0.15) is 0 Å². The third-order valence-corrected chi connectivity index (χ3v) is 0.498. The van der Waals surface area contributed by atoms with Crippen LogP contribution in [0.4, 0.5) is 0 Å². The Morgan fingerprint density at radius 3 is 1.30 bits per heavy atom. The number of hydrogen-bond donors (Lipinski definition) is 1. The predicted octanol–water partition coefficient (Wildman–Crippen LogP) is 0.161. The molecular weight excluding hydrogens is 312 g/mol. The van der Waals surface area contributed by atoms with Crippen LogP contribution in [0.3, 0.4) is 0 Å². The molecule has 3 nitrogen and oxygen atoms in total. The molecular formula is C6H12IrO3. The largest absolute Gasteiger partial charge is 0.400 e. The van der Waals surface area contributed by atoms with Crippen molar-refractivity contribution in [3.8, 4) is 0 Å². The molecule has 1 radical (unpaired) electrons. The van der Waals surface area contributed by atoms with Gasteiger partial charge in [0.05, 0.1) is 6.42 Å². The molecule has 0 aromatic heterocycles. The fourth-order valence-corrected chi connectivity index (χ4v) is 0.351. The van der Waals surface area contributed by atoms with Crippen molar-refractivity contribution in [1.29, 1.82) is 0 Å². The summed E-state index contributed by atoms with van der Waals surface area (Å²) < 4.78 is 0. The maximum Gasteiger partial charge on any atom is 0.137 e. The number of carbonyl (C=O) groups is 2.